The van der Waals surface area contributed by atoms with Gasteiger partial charge in [-0.3, -0.25) is 14.4 Å². The van der Waals surface area contributed by atoms with E-state index >= 15 is 0 Å². The van der Waals surface area contributed by atoms with Crippen molar-refractivity contribution in [2.24, 2.45) is 0 Å². The van der Waals surface area contributed by atoms with Gasteiger partial charge in [0.25, 0.3) is 11.5 Å². The van der Waals surface area contributed by atoms with E-state index in [0.717, 1.165) is 0 Å². The lowest BCUT2D eigenvalue weighted by Gasteiger charge is -2.33. The lowest BCUT2D eigenvalue weighted by atomic mass is 10.1. The fourth-order valence-electron chi connectivity index (χ4n) is 3.71. The molecule has 30 heavy (non-hydrogen) atoms. The van der Waals surface area contributed by atoms with Crippen LogP contribution in [0.4, 0.5) is 0 Å². The van der Waals surface area contributed by atoms with Crippen LogP contribution in [0, 0.1) is 0 Å². The number of hydrogen-bond acceptors (Lipinski definition) is 7. The lowest BCUT2D eigenvalue weighted by molar-refractivity contribution is -0.153. The number of sulfone groups is 1. The summed E-state index contributed by atoms with van der Waals surface area (Å²) in [4.78, 5) is 38.4. The second-order valence-electron chi connectivity index (χ2n) is 7.50. The third kappa shape index (κ3) is 4.86. The van der Waals surface area contributed by atoms with Crippen LogP contribution in [0.5, 0.6) is 0 Å². The summed E-state index contributed by atoms with van der Waals surface area (Å²) in [6, 6.07) is 6.21. The van der Waals surface area contributed by atoms with E-state index in [4.69, 9.17) is 4.74 Å². The van der Waals surface area contributed by atoms with Crippen LogP contribution in [-0.4, -0.2) is 65.6 Å². The van der Waals surface area contributed by atoms with Gasteiger partial charge in [-0.25, -0.2) is 13.5 Å². The Morgan fingerprint density at radius 1 is 1.30 bits per heavy atom. The molecule has 2 aromatic rings. The Labute approximate surface area is 174 Å². The van der Waals surface area contributed by atoms with Crippen LogP contribution in [0.2, 0.25) is 0 Å². The number of nitrogens with zero attached hydrogens (tertiary/aromatic N) is 2. The molecule has 0 unspecified atom stereocenters. The third-order valence-electron chi connectivity index (χ3n) is 5.40. The van der Waals surface area contributed by atoms with Crippen molar-refractivity contribution in [3.8, 4) is 0 Å². The molecule has 1 N–H and O–H groups in total. The first-order valence-electron chi connectivity index (χ1n) is 9.85. The minimum Gasteiger partial charge on any atom is -0.455 e. The molecule has 1 saturated heterocycles. The highest BCUT2D eigenvalue weighted by atomic mass is 32.2. The minimum atomic E-state index is -3.15. The number of hydrogen-bond donors (Lipinski definition) is 1. The van der Waals surface area contributed by atoms with Crippen molar-refractivity contribution in [2.75, 3.05) is 18.1 Å². The van der Waals surface area contributed by atoms with Crippen molar-refractivity contribution in [3.05, 3.63) is 40.3 Å². The molecule has 1 aromatic heterocycles. The predicted octanol–water partition coefficient (Wildman–Crippen LogP) is 0.823. The van der Waals surface area contributed by atoms with Crippen LogP contribution < -0.4 is 5.56 Å². The Bertz CT molecular complexity index is 1110. The lowest BCUT2D eigenvalue weighted by Crippen LogP contribution is -2.48. The first-order valence-corrected chi connectivity index (χ1v) is 11.7. The summed E-state index contributed by atoms with van der Waals surface area (Å²) in [5, 5.41) is 7.24. The summed E-state index contributed by atoms with van der Waals surface area (Å²) in [7, 11) is -3.15. The Morgan fingerprint density at radius 2 is 2.00 bits per heavy atom. The van der Waals surface area contributed by atoms with Crippen molar-refractivity contribution >= 4 is 32.5 Å². The maximum absolute atomic E-state index is 12.7. The van der Waals surface area contributed by atoms with E-state index in [9.17, 15) is 22.8 Å². The molecule has 0 bridgehead atoms. The molecule has 1 fully saturated rings. The molecule has 2 heterocycles. The standard InChI is InChI=1S/C20H25N3O6S/c1-3-13(2)23(14-8-9-30(27,28)12-14)18(24)11-29-19(25)10-17-15-6-4-5-7-16(15)20(26)22-21-17/h4-7,13-14H,3,8-12H2,1-2H3,(H,22,26)/t13-,14+/m0/s1. The van der Waals surface area contributed by atoms with E-state index in [1.54, 1.807) is 24.3 Å². The highest BCUT2D eigenvalue weighted by Gasteiger charge is 2.36. The smallest absolute Gasteiger partial charge is 0.312 e. The van der Waals surface area contributed by atoms with Gasteiger partial charge >= 0.3 is 5.97 Å². The van der Waals surface area contributed by atoms with E-state index in [2.05, 4.69) is 10.2 Å². The SMILES string of the molecule is CC[C@H](C)N(C(=O)COC(=O)Cc1n[nH]c(=O)c2ccccc12)[C@@H]1CCS(=O)(=O)C1. The molecule has 0 aliphatic carbocycles. The number of aromatic nitrogens is 2. The van der Waals surface area contributed by atoms with Gasteiger partial charge in [0.1, 0.15) is 0 Å². The molecule has 3 rings (SSSR count). The number of esters is 1. The van der Waals surface area contributed by atoms with Crippen molar-refractivity contribution in [1.82, 2.24) is 15.1 Å². The maximum Gasteiger partial charge on any atom is 0.312 e. The number of aromatic amines is 1. The normalized spacial score (nSPS) is 18.8. The van der Waals surface area contributed by atoms with Crippen molar-refractivity contribution in [2.45, 2.75) is 45.2 Å². The van der Waals surface area contributed by atoms with E-state index in [1.807, 2.05) is 13.8 Å². The summed E-state index contributed by atoms with van der Waals surface area (Å²) in [5.41, 5.74) is -0.00285. The van der Waals surface area contributed by atoms with Gasteiger partial charge in [-0.1, -0.05) is 25.1 Å². The second-order valence-corrected chi connectivity index (χ2v) is 9.73. The average molecular weight is 436 g/mol. The first kappa shape index (κ1) is 21.9. The molecule has 1 aromatic carbocycles. The molecule has 0 saturated carbocycles. The number of nitrogens with one attached hydrogen (secondary N) is 1. The van der Waals surface area contributed by atoms with Gasteiger partial charge in [0.15, 0.2) is 16.4 Å². The Balaban J connectivity index is 1.67. The molecule has 162 valence electrons. The topological polar surface area (TPSA) is 126 Å². The molecular formula is C20H25N3O6S. The third-order valence-corrected chi connectivity index (χ3v) is 7.15. The highest BCUT2D eigenvalue weighted by Crippen LogP contribution is 2.21. The van der Waals surface area contributed by atoms with Crippen molar-refractivity contribution in [3.63, 3.8) is 0 Å². The van der Waals surface area contributed by atoms with E-state index in [1.165, 1.54) is 4.90 Å². The average Bonchev–Trinajstić information content (AvgIpc) is 3.08. The number of fused-ring (bicyclic) bond motifs is 1. The molecule has 0 radical (unpaired) electrons. The first-order chi connectivity index (χ1) is 14.2. The van der Waals surface area contributed by atoms with Crippen LogP contribution >= 0.6 is 0 Å². The van der Waals surface area contributed by atoms with Crippen LogP contribution in [0.25, 0.3) is 10.8 Å². The minimum absolute atomic E-state index is 0.0582. The number of amides is 1. The van der Waals surface area contributed by atoms with Gasteiger partial charge in [-0.05, 0) is 25.8 Å². The molecule has 10 heteroatoms. The van der Waals surface area contributed by atoms with Gasteiger partial charge < -0.3 is 9.64 Å². The zero-order chi connectivity index (χ0) is 21.9. The van der Waals surface area contributed by atoms with E-state index in [0.29, 0.717) is 29.3 Å². The molecule has 9 nitrogen and oxygen atoms in total. The molecule has 0 spiro atoms. The summed E-state index contributed by atoms with van der Waals surface area (Å²) in [6.45, 7) is 3.29. The van der Waals surface area contributed by atoms with Crippen molar-refractivity contribution < 1.29 is 22.7 Å². The maximum atomic E-state index is 12.7. The Morgan fingerprint density at radius 3 is 2.63 bits per heavy atom. The summed E-state index contributed by atoms with van der Waals surface area (Å²) >= 11 is 0. The zero-order valence-electron chi connectivity index (χ0n) is 17.0. The zero-order valence-corrected chi connectivity index (χ0v) is 17.8. The monoisotopic (exact) mass is 435 g/mol. The second kappa shape index (κ2) is 8.95. The van der Waals surface area contributed by atoms with Crippen molar-refractivity contribution in [1.29, 1.82) is 0 Å². The Hall–Kier alpha value is -2.75. The van der Waals surface area contributed by atoms with Gasteiger partial charge in [-0.2, -0.15) is 5.10 Å². The van der Waals surface area contributed by atoms with Gasteiger partial charge in [0.05, 0.1) is 29.0 Å². The fraction of sp³-hybridized carbons (Fsp3) is 0.500. The van der Waals surface area contributed by atoms with Gasteiger partial charge in [0, 0.05) is 17.5 Å². The summed E-state index contributed by atoms with van der Waals surface area (Å²) in [5.74, 6) is -1.08. The number of carbonyl (C=O) groups is 2. The summed E-state index contributed by atoms with van der Waals surface area (Å²) < 4.78 is 28.8. The number of H-pyrrole nitrogens is 1. The van der Waals surface area contributed by atoms with Crippen LogP contribution in [0.3, 0.4) is 0 Å². The van der Waals surface area contributed by atoms with Crippen LogP contribution in [0.15, 0.2) is 29.1 Å². The van der Waals surface area contributed by atoms with Gasteiger partial charge in [-0.15, -0.1) is 0 Å². The summed E-state index contributed by atoms with van der Waals surface area (Å²) in [6.07, 6.45) is 0.842. The number of carbonyl (C=O) groups excluding carboxylic acids is 2. The number of benzene rings is 1. The molecule has 1 aliphatic rings. The largest absolute Gasteiger partial charge is 0.455 e. The van der Waals surface area contributed by atoms with Crippen LogP contribution in [-0.2, 0) is 30.6 Å². The quantitative estimate of drug-likeness (QED) is 0.638. The molecule has 2 atom stereocenters. The van der Waals surface area contributed by atoms with Gasteiger partial charge in [0.2, 0.25) is 0 Å². The Kier molecular flexibility index (Phi) is 6.55. The number of ether oxygens (including phenoxy) is 1. The predicted molar refractivity (Wildman–Crippen MR) is 111 cm³/mol. The van der Waals surface area contributed by atoms with E-state index in [-0.39, 0.29) is 29.5 Å². The fourth-order valence-corrected chi connectivity index (χ4v) is 5.42. The van der Waals surface area contributed by atoms with Crippen LogP contribution in [0.1, 0.15) is 32.4 Å². The highest BCUT2D eigenvalue weighted by molar-refractivity contribution is 7.91. The molecule has 1 aliphatic heterocycles. The number of rotatable bonds is 7. The molecular weight excluding hydrogens is 410 g/mol. The van der Waals surface area contributed by atoms with E-state index < -0.39 is 34.4 Å². The molecule has 1 amide bonds.